The Morgan fingerprint density at radius 3 is 2.55 bits per heavy atom. The van der Waals surface area contributed by atoms with Crippen LogP contribution in [0.3, 0.4) is 0 Å². The van der Waals surface area contributed by atoms with Crippen LogP contribution in [0.4, 0.5) is 13.2 Å². The van der Waals surface area contributed by atoms with Crippen LogP contribution >= 0.6 is 0 Å². The molecule has 1 aliphatic carbocycles. The average molecular weight is 292 g/mol. The number of alkyl halides is 3. The molecule has 0 aromatic heterocycles. The molecule has 1 saturated heterocycles. The Kier molecular flexibility index (Phi) is 4.62. The Morgan fingerprint density at radius 2 is 1.95 bits per heavy atom. The first-order valence-electron chi connectivity index (χ1n) is 7.40. The van der Waals surface area contributed by atoms with Crippen molar-refractivity contribution in [3.05, 3.63) is 0 Å². The number of nitrogens with zero attached hydrogens (tertiary/aromatic N) is 1. The number of halogens is 3. The summed E-state index contributed by atoms with van der Waals surface area (Å²) in [7, 11) is 0. The van der Waals surface area contributed by atoms with Crippen molar-refractivity contribution in [1.29, 1.82) is 0 Å². The fourth-order valence-electron chi connectivity index (χ4n) is 3.27. The predicted molar refractivity (Wildman–Crippen MR) is 69.8 cm³/mol. The van der Waals surface area contributed by atoms with Crippen LogP contribution in [0.15, 0.2) is 0 Å². The number of piperidine rings is 1. The molecule has 0 radical (unpaired) electrons. The van der Waals surface area contributed by atoms with Crippen LogP contribution in [0.25, 0.3) is 0 Å². The topological polar surface area (TPSA) is 46.3 Å². The first kappa shape index (κ1) is 15.6. The SMILES string of the molecule is CC1CCN(C(=O)C2CCCC(C(F)(F)F)C2)CC1N. The molecule has 0 spiro atoms. The lowest BCUT2D eigenvalue weighted by atomic mass is 9.80. The molecule has 3 nitrogen and oxygen atoms in total. The van der Waals surface area contributed by atoms with Gasteiger partial charge in [-0.15, -0.1) is 0 Å². The van der Waals surface area contributed by atoms with E-state index in [2.05, 4.69) is 0 Å². The Labute approximate surface area is 117 Å². The van der Waals surface area contributed by atoms with Gasteiger partial charge in [0.15, 0.2) is 0 Å². The first-order chi connectivity index (χ1) is 9.29. The monoisotopic (exact) mass is 292 g/mol. The van der Waals surface area contributed by atoms with E-state index in [1.54, 1.807) is 4.90 Å². The van der Waals surface area contributed by atoms with Gasteiger partial charge in [0, 0.05) is 25.0 Å². The lowest BCUT2D eigenvalue weighted by molar-refractivity contribution is -0.187. The molecule has 0 aromatic carbocycles. The van der Waals surface area contributed by atoms with E-state index >= 15 is 0 Å². The minimum atomic E-state index is -4.17. The van der Waals surface area contributed by atoms with E-state index in [1.165, 1.54) is 0 Å². The molecule has 0 bridgehead atoms. The van der Waals surface area contributed by atoms with Gasteiger partial charge in [0.1, 0.15) is 0 Å². The fourth-order valence-corrected chi connectivity index (χ4v) is 3.27. The molecule has 116 valence electrons. The number of nitrogens with two attached hydrogens (primary N) is 1. The van der Waals surface area contributed by atoms with E-state index in [-0.39, 0.29) is 24.8 Å². The van der Waals surface area contributed by atoms with Gasteiger partial charge in [-0.3, -0.25) is 4.79 Å². The van der Waals surface area contributed by atoms with Crippen molar-refractivity contribution in [1.82, 2.24) is 4.90 Å². The maximum absolute atomic E-state index is 12.8. The lowest BCUT2D eigenvalue weighted by Gasteiger charge is -2.38. The molecule has 2 aliphatic rings. The molecular formula is C14H23F3N2O. The molecule has 20 heavy (non-hydrogen) atoms. The van der Waals surface area contributed by atoms with Gasteiger partial charge in [-0.1, -0.05) is 13.3 Å². The number of hydrogen-bond acceptors (Lipinski definition) is 2. The number of carbonyl (C=O) groups is 1. The zero-order chi connectivity index (χ0) is 14.9. The van der Waals surface area contributed by atoms with E-state index < -0.39 is 18.0 Å². The molecular weight excluding hydrogens is 269 g/mol. The third-order valence-corrected chi connectivity index (χ3v) is 4.81. The Morgan fingerprint density at radius 1 is 1.25 bits per heavy atom. The molecule has 2 fully saturated rings. The number of carbonyl (C=O) groups excluding carboxylic acids is 1. The molecule has 4 unspecified atom stereocenters. The maximum Gasteiger partial charge on any atom is 0.391 e. The van der Waals surface area contributed by atoms with Gasteiger partial charge < -0.3 is 10.6 Å². The van der Waals surface area contributed by atoms with Crippen molar-refractivity contribution in [2.24, 2.45) is 23.5 Å². The number of amides is 1. The van der Waals surface area contributed by atoms with Crippen molar-refractivity contribution in [2.75, 3.05) is 13.1 Å². The zero-order valence-corrected chi connectivity index (χ0v) is 11.8. The van der Waals surface area contributed by atoms with Gasteiger partial charge in [-0.2, -0.15) is 13.2 Å². The summed E-state index contributed by atoms with van der Waals surface area (Å²) in [5.41, 5.74) is 5.96. The van der Waals surface area contributed by atoms with Crippen LogP contribution in [0, 0.1) is 17.8 Å². The summed E-state index contributed by atoms with van der Waals surface area (Å²) >= 11 is 0. The second-order valence-electron chi connectivity index (χ2n) is 6.32. The summed E-state index contributed by atoms with van der Waals surface area (Å²) < 4.78 is 38.4. The van der Waals surface area contributed by atoms with E-state index in [4.69, 9.17) is 5.73 Å². The fraction of sp³-hybridized carbons (Fsp3) is 0.929. The Balaban J connectivity index is 1.95. The van der Waals surface area contributed by atoms with Crippen molar-refractivity contribution in [3.63, 3.8) is 0 Å². The van der Waals surface area contributed by atoms with Gasteiger partial charge in [0.2, 0.25) is 5.91 Å². The average Bonchev–Trinajstić information content (AvgIpc) is 2.40. The van der Waals surface area contributed by atoms with Gasteiger partial charge in [0.25, 0.3) is 0 Å². The minimum absolute atomic E-state index is 0.0520. The number of likely N-dealkylation sites (tertiary alicyclic amines) is 1. The summed E-state index contributed by atoms with van der Waals surface area (Å²) in [5.74, 6) is -1.55. The quantitative estimate of drug-likeness (QED) is 0.807. The second kappa shape index (κ2) is 5.92. The smallest absolute Gasteiger partial charge is 0.341 e. The van der Waals surface area contributed by atoms with E-state index in [0.29, 0.717) is 31.8 Å². The summed E-state index contributed by atoms with van der Waals surface area (Å²) in [6.07, 6.45) is -2.18. The van der Waals surface area contributed by atoms with Gasteiger partial charge in [-0.05, 0) is 31.6 Å². The van der Waals surface area contributed by atoms with Crippen LogP contribution in [-0.2, 0) is 4.79 Å². The summed E-state index contributed by atoms with van der Waals surface area (Å²) in [5, 5.41) is 0. The second-order valence-corrected chi connectivity index (χ2v) is 6.32. The van der Waals surface area contributed by atoms with Crippen LogP contribution in [0.5, 0.6) is 0 Å². The minimum Gasteiger partial charge on any atom is -0.341 e. The molecule has 0 aromatic rings. The highest BCUT2D eigenvalue weighted by Gasteiger charge is 2.44. The van der Waals surface area contributed by atoms with Crippen LogP contribution in [0.2, 0.25) is 0 Å². The van der Waals surface area contributed by atoms with Crippen molar-refractivity contribution >= 4 is 5.91 Å². The standard InChI is InChI=1S/C14H23F3N2O/c1-9-5-6-19(8-12(9)18)13(20)10-3-2-4-11(7-10)14(15,16)17/h9-12H,2-8,18H2,1H3. The Bertz CT molecular complexity index is 359. The number of hydrogen-bond donors (Lipinski definition) is 1. The van der Waals surface area contributed by atoms with Gasteiger partial charge >= 0.3 is 6.18 Å². The van der Waals surface area contributed by atoms with Crippen molar-refractivity contribution < 1.29 is 18.0 Å². The Hall–Kier alpha value is -0.780. The molecule has 1 saturated carbocycles. The van der Waals surface area contributed by atoms with E-state index in [1.807, 2.05) is 6.92 Å². The molecule has 1 amide bonds. The normalized spacial score (nSPS) is 36.0. The van der Waals surface area contributed by atoms with Crippen molar-refractivity contribution in [3.8, 4) is 0 Å². The van der Waals surface area contributed by atoms with E-state index in [0.717, 1.165) is 6.42 Å². The van der Waals surface area contributed by atoms with Gasteiger partial charge in [0.05, 0.1) is 5.92 Å². The molecule has 1 aliphatic heterocycles. The third kappa shape index (κ3) is 3.45. The van der Waals surface area contributed by atoms with Crippen LogP contribution in [-0.4, -0.2) is 36.1 Å². The third-order valence-electron chi connectivity index (χ3n) is 4.81. The van der Waals surface area contributed by atoms with Crippen LogP contribution < -0.4 is 5.73 Å². The van der Waals surface area contributed by atoms with Gasteiger partial charge in [-0.25, -0.2) is 0 Å². The highest BCUT2D eigenvalue weighted by Crippen LogP contribution is 2.40. The maximum atomic E-state index is 12.8. The molecule has 2 N–H and O–H groups in total. The number of rotatable bonds is 1. The first-order valence-corrected chi connectivity index (χ1v) is 7.40. The van der Waals surface area contributed by atoms with E-state index in [9.17, 15) is 18.0 Å². The highest BCUT2D eigenvalue weighted by atomic mass is 19.4. The largest absolute Gasteiger partial charge is 0.391 e. The molecule has 6 heteroatoms. The molecule has 4 atom stereocenters. The molecule has 2 rings (SSSR count). The zero-order valence-electron chi connectivity index (χ0n) is 11.8. The summed E-state index contributed by atoms with van der Waals surface area (Å²) in [4.78, 5) is 14.1. The predicted octanol–water partition coefficient (Wildman–Crippen LogP) is 2.55. The summed E-state index contributed by atoms with van der Waals surface area (Å²) in [6, 6.07) is -0.0605. The highest BCUT2D eigenvalue weighted by molar-refractivity contribution is 5.79. The summed E-state index contributed by atoms with van der Waals surface area (Å²) in [6.45, 7) is 3.15. The van der Waals surface area contributed by atoms with Crippen molar-refractivity contribution in [2.45, 2.75) is 51.2 Å². The van der Waals surface area contributed by atoms with Crippen LogP contribution in [0.1, 0.15) is 39.0 Å². The molecule has 1 heterocycles. The lowest BCUT2D eigenvalue weighted by Crippen LogP contribution is -2.51.